The van der Waals surface area contributed by atoms with Gasteiger partial charge in [-0.2, -0.15) is 0 Å². The number of rotatable bonds is 4. The van der Waals surface area contributed by atoms with Gasteiger partial charge in [0.15, 0.2) is 0 Å². The van der Waals surface area contributed by atoms with Crippen LogP contribution in [0.25, 0.3) is 0 Å². The molecule has 2 N–H and O–H groups in total. The van der Waals surface area contributed by atoms with Gasteiger partial charge in [0, 0.05) is 13.1 Å². The molecule has 4 heteroatoms. The second kappa shape index (κ2) is 6.06. The van der Waals surface area contributed by atoms with E-state index in [1.54, 1.807) is 7.11 Å². The number of amides is 1. The van der Waals surface area contributed by atoms with E-state index in [1.165, 1.54) is 0 Å². The molecule has 0 radical (unpaired) electrons. The van der Waals surface area contributed by atoms with Gasteiger partial charge in [-0.25, -0.2) is 0 Å². The Hall–Kier alpha value is -1.55. The minimum Gasteiger partial charge on any atom is -0.497 e. The Labute approximate surface area is 114 Å². The van der Waals surface area contributed by atoms with E-state index < -0.39 is 0 Å². The molecule has 4 nitrogen and oxygen atoms in total. The van der Waals surface area contributed by atoms with E-state index in [0.29, 0.717) is 6.54 Å². The van der Waals surface area contributed by atoms with E-state index in [4.69, 9.17) is 10.5 Å². The Balaban J connectivity index is 2.13. The Morgan fingerprint density at radius 3 is 2.68 bits per heavy atom. The number of nitrogens with two attached hydrogens (primary N) is 1. The van der Waals surface area contributed by atoms with Crippen molar-refractivity contribution in [2.45, 2.75) is 25.8 Å². The van der Waals surface area contributed by atoms with Gasteiger partial charge in [-0.1, -0.05) is 12.1 Å². The Bertz CT molecular complexity index is 430. The molecule has 1 amide bonds. The summed E-state index contributed by atoms with van der Waals surface area (Å²) in [6, 6.07) is 7.99. The normalized spacial score (nSPS) is 21.3. The molecule has 0 unspecified atom stereocenters. The lowest BCUT2D eigenvalue weighted by Gasteiger charge is -2.36. The zero-order chi connectivity index (χ0) is 13.8. The standard InChI is InChI=1S/C15H22N2O2/c1-11(12-5-7-14(19-2)8-6-12)17-9-3-4-13(10-16)15(17)18/h5-8,11,13H,3-4,9-10,16H2,1-2H3/t11-,13+/m1/s1. The Morgan fingerprint density at radius 1 is 1.42 bits per heavy atom. The minimum absolute atomic E-state index is 0.00514. The number of likely N-dealkylation sites (tertiary alicyclic amines) is 1. The van der Waals surface area contributed by atoms with Crippen molar-refractivity contribution < 1.29 is 9.53 Å². The maximum absolute atomic E-state index is 12.3. The number of nitrogens with zero attached hydrogens (tertiary/aromatic N) is 1. The van der Waals surface area contributed by atoms with Crippen LogP contribution < -0.4 is 10.5 Å². The summed E-state index contributed by atoms with van der Waals surface area (Å²) in [7, 11) is 1.65. The molecule has 0 spiro atoms. The summed E-state index contributed by atoms with van der Waals surface area (Å²) in [5.74, 6) is 1.02. The molecule has 2 atom stereocenters. The lowest BCUT2D eigenvalue weighted by molar-refractivity contribution is -0.140. The number of ether oxygens (including phenoxy) is 1. The van der Waals surface area contributed by atoms with Crippen LogP contribution in [-0.2, 0) is 4.79 Å². The predicted molar refractivity (Wildman–Crippen MR) is 74.9 cm³/mol. The van der Waals surface area contributed by atoms with E-state index >= 15 is 0 Å². The van der Waals surface area contributed by atoms with Crippen LogP contribution in [0.4, 0.5) is 0 Å². The highest BCUT2D eigenvalue weighted by molar-refractivity contribution is 5.80. The summed E-state index contributed by atoms with van der Waals surface area (Å²) in [4.78, 5) is 14.3. The van der Waals surface area contributed by atoms with Crippen molar-refractivity contribution in [3.63, 3.8) is 0 Å². The molecule has 1 fully saturated rings. The molecular weight excluding hydrogens is 240 g/mol. The van der Waals surface area contributed by atoms with Crippen LogP contribution in [-0.4, -0.2) is 31.0 Å². The Morgan fingerprint density at radius 2 is 2.11 bits per heavy atom. The lowest BCUT2D eigenvalue weighted by Crippen LogP contribution is -2.44. The van der Waals surface area contributed by atoms with Crippen molar-refractivity contribution in [3.8, 4) is 5.75 Å². The van der Waals surface area contributed by atoms with Crippen molar-refractivity contribution in [1.29, 1.82) is 0 Å². The van der Waals surface area contributed by atoms with E-state index in [-0.39, 0.29) is 17.9 Å². The molecule has 1 heterocycles. The number of carbonyl (C=O) groups excluding carboxylic acids is 1. The SMILES string of the molecule is COc1ccc([C@@H](C)N2CCC[C@@H](CN)C2=O)cc1. The fourth-order valence-electron chi connectivity index (χ4n) is 2.64. The van der Waals surface area contributed by atoms with Gasteiger partial charge in [-0.05, 0) is 37.5 Å². The van der Waals surface area contributed by atoms with Gasteiger partial charge >= 0.3 is 0 Å². The highest BCUT2D eigenvalue weighted by Gasteiger charge is 2.30. The zero-order valence-corrected chi connectivity index (χ0v) is 11.6. The van der Waals surface area contributed by atoms with Crippen molar-refractivity contribution in [1.82, 2.24) is 4.90 Å². The van der Waals surface area contributed by atoms with E-state index in [1.807, 2.05) is 29.2 Å². The van der Waals surface area contributed by atoms with Crippen LogP contribution in [0.1, 0.15) is 31.4 Å². The summed E-state index contributed by atoms with van der Waals surface area (Å²) in [5, 5.41) is 0. The fourth-order valence-corrected chi connectivity index (χ4v) is 2.64. The van der Waals surface area contributed by atoms with Crippen LogP contribution in [0.15, 0.2) is 24.3 Å². The summed E-state index contributed by atoms with van der Waals surface area (Å²) in [6.45, 7) is 3.34. The molecule has 1 saturated heterocycles. The highest BCUT2D eigenvalue weighted by Crippen LogP contribution is 2.28. The van der Waals surface area contributed by atoms with Crippen LogP contribution >= 0.6 is 0 Å². The van der Waals surface area contributed by atoms with E-state index in [2.05, 4.69) is 6.92 Å². The van der Waals surface area contributed by atoms with Crippen LogP contribution in [0.5, 0.6) is 5.75 Å². The number of methoxy groups -OCH3 is 1. The second-order valence-corrected chi connectivity index (χ2v) is 5.06. The van der Waals surface area contributed by atoms with Gasteiger partial charge in [-0.15, -0.1) is 0 Å². The average Bonchev–Trinajstić information content (AvgIpc) is 2.47. The highest BCUT2D eigenvalue weighted by atomic mass is 16.5. The molecule has 0 aromatic heterocycles. The molecule has 104 valence electrons. The third kappa shape index (κ3) is 2.89. The summed E-state index contributed by atoms with van der Waals surface area (Å²) < 4.78 is 5.15. The first kappa shape index (κ1) is 13.9. The van der Waals surface area contributed by atoms with Crippen LogP contribution in [0, 0.1) is 5.92 Å². The molecule has 2 rings (SSSR count). The minimum atomic E-state index is -0.00514. The summed E-state index contributed by atoms with van der Waals surface area (Å²) >= 11 is 0. The summed E-state index contributed by atoms with van der Waals surface area (Å²) in [5.41, 5.74) is 6.80. The topological polar surface area (TPSA) is 55.6 Å². The second-order valence-electron chi connectivity index (χ2n) is 5.06. The van der Waals surface area contributed by atoms with Crippen molar-refractivity contribution in [2.24, 2.45) is 11.7 Å². The van der Waals surface area contributed by atoms with Gasteiger partial charge in [0.05, 0.1) is 19.1 Å². The van der Waals surface area contributed by atoms with Crippen molar-refractivity contribution >= 4 is 5.91 Å². The largest absolute Gasteiger partial charge is 0.497 e. The van der Waals surface area contributed by atoms with Crippen molar-refractivity contribution in [3.05, 3.63) is 29.8 Å². The lowest BCUT2D eigenvalue weighted by atomic mass is 9.94. The summed E-state index contributed by atoms with van der Waals surface area (Å²) in [6.07, 6.45) is 1.95. The molecule has 0 aliphatic carbocycles. The molecule has 1 aromatic rings. The average molecular weight is 262 g/mol. The zero-order valence-electron chi connectivity index (χ0n) is 11.6. The number of carbonyl (C=O) groups is 1. The maximum Gasteiger partial charge on any atom is 0.227 e. The Kier molecular flexibility index (Phi) is 4.43. The fraction of sp³-hybridized carbons (Fsp3) is 0.533. The van der Waals surface area contributed by atoms with E-state index in [9.17, 15) is 4.79 Å². The van der Waals surface area contributed by atoms with Gasteiger partial charge in [0.25, 0.3) is 0 Å². The maximum atomic E-state index is 12.3. The molecule has 1 aliphatic rings. The first-order chi connectivity index (χ1) is 9.17. The predicted octanol–water partition coefficient (Wildman–Crippen LogP) is 1.95. The molecule has 1 aromatic carbocycles. The van der Waals surface area contributed by atoms with Gasteiger partial charge in [0.1, 0.15) is 5.75 Å². The monoisotopic (exact) mass is 262 g/mol. The van der Waals surface area contributed by atoms with Crippen molar-refractivity contribution in [2.75, 3.05) is 20.2 Å². The van der Waals surface area contributed by atoms with Crippen LogP contribution in [0.3, 0.4) is 0 Å². The molecule has 1 aliphatic heterocycles. The van der Waals surface area contributed by atoms with Gasteiger partial charge in [-0.3, -0.25) is 4.79 Å². The number of piperidine rings is 1. The molecule has 0 bridgehead atoms. The van der Waals surface area contributed by atoms with Crippen LogP contribution in [0.2, 0.25) is 0 Å². The smallest absolute Gasteiger partial charge is 0.227 e. The first-order valence-corrected chi connectivity index (χ1v) is 6.82. The third-order valence-electron chi connectivity index (χ3n) is 3.93. The molecular formula is C15H22N2O2. The number of hydrogen-bond acceptors (Lipinski definition) is 3. The van der Waals surface area contributed by atoms with Gasteiger partial charge < -0.3 is 15.4 Å². The number of benzene rings is 1. The molecule has 19 heavy (non-hydrogen) atoms. The molecule has 0 saturated carbocycles. The van der Waals surface area contributed by atoms with Gasteiger partial charge in [0.2, 0.25) is 5.91 Å². The quantitative estimate of drug-likeness (QED) is 0.902. The third-order valence-corrected chi connectivity index (χ3v) is 3.93. The first-order valence-electron chi connectivity index (χ1n) is 6.82. The van der Waals surface area contributed by atoms with E-state index in [0.717, 1.165) is 30.7 Å². The number of hydrogen-bond donors (Lipinski definition) is 1.